The molecule has 1 aromatic rings. The Morgan fingerprint density at radius 3 is 2.90 bits per heavy atom. The van der Waals surface area contributed by atoms with Crippen LogP contribution in [0, 0.1) is 5.92 Å². The van der Waals surface area contributed by atoms with E-state index >= 15 is 0 Å². The average Bonchev–Trinajstić information content (AvgIpc) is 3.01. The Labute approximate surface area is 129 Å². The number of nitrogens with two attached hydrogens (primary N) is 2. The third kappa shape index (κ3) is 6.05. The van der Waals surface area contributed by atoms with E-state index < -0.39 is 0 Å². The van der Waals surface area contributed by atoms with Gasteiger partial charge in [-0.1, -0.05) is 13.0 Å². The highest BCUT2D eigenvalue weighted by atomic mass is 32.1. The molecule has 21 heavy (non-hydrogen) atoms. The summed E-state index contributed by atoms with van der Waals surface area (Å²) < 4.78 is 0. The van der Waals surface area contributed by atoms with Crippen LogP contribution in [0.5, 0.6) is 0 Å². The lowest BCUT2D eigenvalue weighted by molar-refractivity contribution is -0.129. The van der Waals surface area contributed by atoms with Gasteiger partial charge in [0.05, 0.1) is 11.4 Å². The number of hydrogen-bond donors (Lipinski definition) is 2. The molecule has 0 bridgehead atoms. The molecule has 1 aromatic heterocycles. The molecule has 0 aliphatic heterocycles. The number of amides is 1. The molecule has 0 aliphatic carbocycles. The first-order chi connectivity index (χ1) is 10.1. The lowest BCUT2D eigenvalue weighted by atomic mass is 10.1. The second-order valence-electron chi connectivity index (χ2n) is 4.67. The molecule has 0 saturated carbocycles. The maximum Gasteiger partial charge on any atom is 0.236 e. The number of hydrogen-bond acceptors (Lipinski definition) is 5. The number of nitrogens with zero attached hydrogens (tertiary/aromatic N) is 3. The molecule has 1 heterocycles. The fourth-order valence-corrected chi connectivity index (χ4v) is 2.33. The van der Waals surface area contributed by atoms with Crippen LogP contribution in [0.4, 0.5) is 0 Å². The standard InChI is InChI=1S/C14H23N5OS/c1-3-19(13(20)9-15)7-6-11(2)10-17-18-14(16)12-5-4-8-21-12/h4-5,8,10-11H,3,6-7,9,15H2,1-2H3,(H2,16,18)/b17-10+. The average molecular weight is 309 g/mol. The van der Waals surface area contributed by atoms with Crippen LogP contribution in [0.25, 0.3) is 0 Å². The molecule has 116 valence electrons. The summed E-state index contributed by atoms with van der Waals surface area (Å²) in [5.41, 5.74) is 11.2. The van der Waals surface area contributed by atoms with E-state index in [1.165, 1.54) is 11.3 Å². The molecular formula is C14H23N5OS. The Morgan fingerprint density at radius 2 is 2.33 bits per heavy atom. The largest absolute Gasteiger partial charge is 0.381 e. The van der Waals surface area contributed by atoms with Crippen molar-refractivity contribution >= 4 is 29.3 Å². The number of thiophene rings is 1. The maximum absolute atomic E-state index is 11.5. The van der Waals surface area contributed by atoms with E-state index in [1.54, 1.807) is 11.1 Å². The molecule has 0 aliphatic rings. The highest BCUT2D eigenvalue weighted by Gasteiger charge is 2.10. The van der Waals surface area contributed by atoms with E-state index in [9.17, 15) is 4.79 Å². The van der Waals surface area contributed by atoms with Crippen molar-refractivity contribution in [3.8, 4) is 0 Å². The first-order valence-corrected chi connectivity index (χ1v) is 7.84. The van der Waals surface area contributed by atoms with Gasteiger partial charge in [0.25, 0.3) is 0 Å². The van der Waals surface area contributed by atoms with Crippen LogP contribution in [-0.2, 0) is 4.79 Å². The van der Waals surface area contributed by atoms with Crippen molar-refractivity contribution in [2.45, 2.75) is 20.3 Å². The Kier molecular flexibility index (Phi) is 7.63. The van der Waals surface area contributed by atoms with Crippen LogP contribution in [0.2, 0.25) is 0 Å². The molecule has 0 radical (unpaired) electrons. The molecule has 0 spiro atoms. The minimum atomic E-state index is -0.0263. The summed E-state index contributed by atoms with van der Waals surface area (Å²) in [5.74, 6) is 0.605. The van der Waals surface area contributed by atoms with E-state index in [1.807, 2.05) is 31.4 Å². The van der Waals surface area contributed by atoms with Crippen molar-refractivity contribution < 1.29 is 4.79 Å². The summed E-state index contributed by atoms with van der Waals surface area (Å²) in [6.45, 7) is 5.37. The second-order valence-corrected chi connectivity index (χ2v) is 5.62. The fraction of sp³-hybridized carbons (Fsp3) is 0.500. The zero-order valence-corrected chi connectivity index (χ0v) is 13.3. The van der Waals surface area contributed by atoms with Crippen molar-refractivity contribution in [1.29, 1.82) is 0 Å². The van der Waals surface area contributed by atoms with Gasteiger partial charge in [-0.2, -0.15) is 5.10 Å². The second kappa shape index (κ2) is 9.25. The number of carbonyl (C=O) groups excluding carboxylic acids is 1. The normalized spacial score (nSPS) is 13.6. The van der Waals surface area contributed by atoms with Crippen LogP contribution >= 0.6 is 11.3 Å². The molecule has 1 unspecified atom stereocenters. The molecule has 1 rings (SSSR count). The Balaban J connectivity index is 2.42. The van der Waals surface area contributed by atoms with Crippen molar-refractivity contribution in [2.24, 2.45) is 27.6 Å². The monoisotopic (exact) mass is 309 g/mol. The smallest absolute Gasteiger partial charge is 0.236 e. The molecule has 0 fully saturated rings. The Morgan fingerprint density at radius 1 is 1.57 bits per heavy atom. The molecule has 0 aromatic carbocycles. The van der Waals surface area contributed by atoms with Gasteiger partial charge in [-0.3, -0.25) is 4.79 Å². The molecule has 1 amide bonds. The number of rotatable bonds is 8. The quantitative estimate of drug-likeness (QED) is 0.430. The first-order valence-electron chi connectivity index (χ1n) is 6.96. The van der Waals surface area contributed by atoms with Gasteiger partial charge in [0.2, 0.25) is 5.91 Å². The maximum atomic E-state index is 11.5. The van der Waals surface area contributed by atoms with Crippen molar-refractivity contribution in [2.75, 3.05) is 19.6 Å². The van der Waals surface area contributed by atoms with Gasteiger partial charge in [0.1, 0.15) is 0 Å². The van der Waals surface area contributed by atoms with Crippen molar-refractivity contribution in [3.63, 3.8) is 0 Å². The summed E-state index contributed by atoms with van der Waals surface area (Å²) in [4.78, 5) is 14.2. The predicted molar refractivity (Wildman–Crippen MR) is 88.6 cm³/mol. The Bertz CT molecular complexity index is 484. The fourth-order valence-electron chi connectivity index (χ4n) is 1.71. The zero-order chi connectivity index (χ0) is 15.7. The molecule has 1 atom stereocenters. The highest BCUT2D eigenvalue weighted by molar-refractivity contribution is 7.12. The van der Waals surface area contributed by atoms with Crippen LogP contribution in [0.15, 0.2) is 27.7 Å². The minimum absolute atomic E-state index is 0.0263. The topological polar surface area (TPSA) is 97.1 Å². The van der Waals surface area contributed by atoms with Gasteiger partial charge in [-0.15, -0.1) is 16.4 Å². The third-order valence-corrected chi connectivity index (χ3v) is 3.92. The van der Waals surface area contributed by atoms with E-state index in [0.717, 1.165) is 11.3 Å². The van der Waals surface area contributed by atoms with Gasteiger partial charge in [-0.25, -0.2) is 0 Å². The van der Waals surface area contributed by atoms with Gasteiger partial charge >= 0.3 is 0 Å². The van der Waals surface area contributed by atoms with E-state index in [2.05, 4.69) is 10.2 Å². The van der Waals surface area contributed by atoms with E-state index in [4.69, 9.17) is 11.5 Å². The zero-order valence-electron chi connectivity index (χ0n) is 12.5. The highest BCUT2D eigenvalue weighted by Crippen LogP contribution is 2.08. The lowest BCUT2D eigenvalue weighted by Gasteiger charge is -2.20. The lowest BCUT2D eigenvalue weighted by Crippen LogP contribution is -2.37. The molecule has 4 N–H and O–H groups in total. The van der Waals surface area contributed by atoms with Crippen LogP contribution in [0.1, 0.15) is 25.1 Å². The van der Waals surface area contributed by atoms with Crippen LogP contribution < -0.4 is 11.5 Å². The third-order valence-electron chi connectivity index (χ3n) is 3.02. The summed E-state index contributed by atoms with van der Waals surface area (Å²) in [6, 6.07) is 3.82. The molecule has 0 saturated heterocycles. The van der Waals surface area contributed by atoms with Crippen molar-refractivity contribution in [3.05, 3.63) is 22.4 Å². The van der Waals surface area contributed by atoms with Crippen LogP contribution in [0.3, 0.4) is 0 Å². The SMILES string of the molecule is CCN(CCC(C)/C=N/N=C(\N)c1cccs1)C(=O)CN. The summed E-state index contributed by atoms with van der Waals surface area (Å²) in [7, 11) is 0. The minimum Gasteiger partial charge on any atom is -0.381 e. The summed E-state index contributed by atoms with van der Waals surface area (Å²) >= 11 is 1.53. The Hall–Kier alpha value is -1.73. The van der Waals surface area contributed by atoms with Gasteiger partial charge in [0.15, 0.2) is 5.84 Å². The van der Waals surface area contributed by atoms with Gasteiger partial charge in [0, 0.05) is 19.3 Å². The number of amidine groups is 1. The van der Waals surface area contributed by atoms with E-state index in [-0.39, 0.29) is 18.4 Å². The van der Waals surface area contributed by atoms with Gasteiger partial charge < -0.3 is 16.4 Å². The predicted octanol–water partition coefficient (Wildman–Crippen LogP) is 1.27. The molecule has 7 heteroatoms. The summed E-state index contributed by atoms with van der Waals surface area (Å²) in [5, 5.41) is 9.93. The number of carbonyl (C=O) groups is 1. The van der Waals surface area contributed by atoms with Crippen LogP contribution in [-0.4, -0.2) is 42.5 Å². The number of likely N-dealkylation sites (N-methyl/N-ethyl adjacent to an activating group) is 1. The summed E-state index contributed by atoms with van der Waals surface area (Å²) in [6.07, 6.45) is 2.57. The van der Waals surface area contributed by atoms with Crippen molar-refractivity contribution in [1.82, 2.24) is 4.90 Å². The molecule has 6 nitrogen and oxygen atoms in total. The molecular weight excluding hydrogens is 286 g/mol. The van der Waals surface area contributed by atoms with Gasteiger partial charge in [-0.05, 0) is 30.7 Å². The first kappa shape index (κ1) is 17.3. The van der Waals surface area contributed by atoms with E-state index in [0.29, 0.717) is 18.9 Å².